The zero-order chi connectivity index (χ0) is 25.8. The molecule has 2 amide bonds. The number of nitrogen functional groups attached to an aromatic ring is 2. The molecule has 1 aliphatic rings. The number of rotatable bonds is 8. The molecule has 3 rings (SSSR count). The highest BCUT2D eigenvalue weighted by Gasteiger charge is 2.32. The number of benzene rings is 2. The first-order chi connectivity index (χ1) is 16.5. The monoisotopic (exact) mass is 524 g/mol. The van der Waals surface area contributed by atoms with Gasteiger partial charge in [-0.05, 0) is 0 Å². The van der Waals surface area contributed by atoms with E-state index < -0.39 is 0 Å². The quantitative estimate of drug-likeness (QED) is 0.125. The number of methoxy groups -OCH3 is 2. The number of ether oxygens (including phenoxy) is 2. The number of nitrogens with zero attached hydrogens (tertiary/aromatic N) is 2. The van der Waals surface area contributed by atoms with Crippen molar-refractivity contribution in [2.45, 2.75) is 0 Å². The van der Waals surface area contributed by atoms with E-state index in [0.29, 0.717) is 42.2 Å². The van der Waals surface area contributed by atoms with E-state index in [1.165, 1.54) is 38.5 Å². The summed E-state index contributed by atoms with van der Waals surface area (Å²) in [6.07, 6.45) is 0. The van der Waals surface area contributed by atoms with Crippen LogP contribution in [-0.2, 0) is 9.59 Å². The number of nitrogens with one attached hydrogen (secondary N) is 2. The highest BCUT2D eigenvalue weighted by molar-refractivity contribution is 5.95. The maximum Gasteiger partial charge on any atom is 0.279 e. The van der Waals surface area contributed by atoms with Crippen LogP contribution in [0.1, 0.15) is 0 Å². The standard InChI is InChI=1S/C23H32N6O6.ClH/c1-29(13-23(33)27-17-11-21(35-3)15(25)9-19(17)31)6-4-28(5-7-29)12-22(32)26-16-10-20(34-2)14(24)8-18(16)30;/h8-11H,4-7,12-13,24-25H2,1-3H3,(H3-,26,27,30,31,32,33);1H. The van der Waals surface area contributed by atoms with Gasteiger partial charge in [0.25, 0.3) is 5.91 Å². The first kappa shape index (κ1) is 28.6. The van der Waals surface area contributed by atoms with Crippen molar-refractivity contribution in [2.75, 3.05) is 82.6 Å². The van der Waals surface area contributed by atoms with E-state index in [2.05, 4.69) is 10.6 Å². The van der Waals surface area contributed by atoms with Gasteiger partial charge in [-0.1, -0.05) is 0 Å². The first-order valence-corrected chi connectivity index (χ1v) is 11.0. The van der Waals surface area contributed by atoms with E-state index in [9.17, 15) is 19.8 Å². The Kier molecular flexibility index (Phi) is 9.45. The second kappa shape index (κ2) is 11.9. The summed E-state index contributed by atoms with van der Waals surface area (Å²) >= 11 is 0. The van der Waals surface area contributed by atoms with Crippen molar-refractivity contribution in [1.82, 2.24) is 4.90 Å². The summed E-state index contributed by atoms with van der Waals surface area (Å²) in [6, 6.07) is 5.60. The Balaban J connectivity index is 0.00000456. The van der Waals surface area contributed by atoms with E-state index in [1.807, 2.05) is 11.9 Å². The Labute approximate surface area is 215 Å². The average molecular weight is 525 g/mol. The molecule has 0 saturated carbocycles. The van der Waals surface area contributed by atoms with Crippen LogP contribution in [0.3, 0.4) is 0 Å². The number of amides is 2. The van der Waals surface area contributed by atoms with Crippen molar-refractivity contribution in [2.24, 2.45) is 0 Å². The number of piperazine rings is 1. The number of likely N-dealkylation sites (N-methyl/N-ethyl adjacent to an activating group) is 1. The van der Waals surface area contributed by atoms with Crippen molar-refractivity contribution < 1.29 is 46.2 Å². The Morgan fingerprint density at radius 2 is 1.36 bits per heavy atom. The number of halogens is 1. The lowest BCUT2D eigenvalue weighted by Crippen LogP contribution is -3.00. The molecule has 2 aromatic rings. The van der Waals surface area contributed by atoms with Crippen molar-refractivity contribution in [3.8, 4) is 23.0 Å². The summed E-state index contributed by atoms with van der Waals surface area (Å²) in [5, 5.41) is 25.5. The van der Waals surface area contributed by atoms with Crippen LogP contribution in [0.5, 0.6) is 23.0 Å². The molecular weight excluding hydrogens is 492 g/mol. The molecule has 1 saturated heterocycles. The minimum absolute atomic E-state index is 0. The SMILES string of the molecule is COc1cc(NC(=O)CN2CC[N+](C)(CC(=O)Nc3cc(OC)c(N)cc3O)CC2)c(O)cc1N.[Cl-]. The summed E-state index contributed by atoms with van der Waals surface area (Å²) in [5.41, 5.74) is 12.5. The number of nitrogens with two attached hydrogens (primary N) is 2. The largest absolute Gasteiger partial charge is 1.00 e. The summed E-state index contributed by atoms with van der Waals surface area (Å²) in [7, 11) is 4.88. The fourth-order valence-corrected chi connectivity index (χ4v) is 3.96. The normalized spacial score (nSPS) is 14.9. The molecule has 0 aromatic heterocycles. The lowest BCUT2D eigenvalue weighted by atomic mass is 10.2. The molecule has 0 atom stereocenters. The van der Waals surface area contributed by atoms with Crippen LogP contribution in [-0.4, -0.2) is 91.9 Å². The van der Waals surface area contributed by atoms with Crippen molar-refractivity contribution in [1.29, 1.82) is 0 Å². The molecule has 8 N–H and O–H groups in total. The molecule has 36 heavy (non-hydrogen) atoms. The van der Waals surface area contributed by atoms with Crippen LogP contribution in [0.15, 0.2) is 24.3 Å². The first-order valence-electron chi connectivity index (χ1n) is 11.0. The zero-order valence-electron chi connectivity index (χ0n) is 20.5. The van der Waals surface area contributed by atoms with Gasteiger partial charge in [0.15, 0.2) is 6.54 Å². The van der Waals surface area contributed by atoms with E-state index >= 15 is 0 Å². The van der Waals surface area contributed by atoms with E-state index in [4.69, 9.17) is 20.9 Å². The predicted octanol–water partition coefficient (Wildman–Crippen LogP) is -2.38. The fraction of sp³-hybridized carbons (Fsp3) is 0.391. The van der Waals surface area contributed by atoms with Gasteiger partial charge >= 0.3 is 0 Å². The molecule has 0 spiro atoms. The lowest BCUT2D eigenvalue weighted by molar-refractivity contribution is -0.905. The Morgan fingerprint density at radius 1 is 0.917 bits per heavy atom. The molecule has 0 bridgehead atoms. The fourth-order valence-electron chi connectivity index (χ4n) is 3.96. The molecule has 1 heterocycles. The predicted molar refractivity (Wildman–Crippen MR) is 133 cm³/mol. The smallest absolute Gasteiger partial charge is 0.279 e. The van der Waals surface area contributed by atoms with Crippen LogP contribution in [0.25, 0.3) is 0 Å². The Bertz CT molecular complexity index is 1110. The minimum Gasteiger partial charge on any atom is -1.00 e. The number of aromatic hydroxyl groups is 2. The summed E-state index contributed by atoms with van der Waals surface area (Å²) in [4.78, 5) is 27.2. The van der Waals surface area contributed by atoms with Gasteiger partial charge in [-0.25, -0.2) is 0 Å². The summed E-state index contributed by atoms with van der Waals surface area (Å²) < 4.78 is 10.7. The van der Waals surface area contributed by atoms with Crippen LogP contribution in [0.4, 0.5) is 22.7 Å². The van der Waals surface area contributed by atoms with Gasteiger partial charge in [-0.3, -0.25) is 14.5 Å². The summed E-state index contributed by atoms with van der Waals surface area (Å²) in [6.45, 7) is 2.85. The number of anilines is 4. The van der Waals surface area contributed by atoms with Crippen LogP contribution in [0, 0.1) is 0 Å². The highest BCUT2D eigenvalue weighted by atomic mass is 35.5. The third kappa shape index (κ3) is 6.97. The van der Waals surface area contributed by atoms with Crippen molar-refractivity contribution in [3.63, 3.8) is 0 Å². The third-order valence-electron chi connectivity index (χ3n) is 6.05. The number of hydrogen-bond donors (Lipinski definition) is 6. The molecule has 0 unspecified atom stereocenters. The molecule has 0 radical (unpaired) electrons. The van der Waals surface area contributed by atoms with E-state index in [0.717, 1.165) is 0 Å². The molecule has 12 nitrogen and oxygen atoms in total. The molecule has 0 aliphatic carbocycles. The number of carbonyl (C=O) groups is 2. The molecular formula is C23H33ClN6O6. The second-order valence-electron chi connectivity index (χ2n) is 8.82. The number of carbonyl (C=O) groups excluding carboxylic acids is 2. The highest BCUT2D eigenvalue weighted by Crippen LogP contribution is 2.34. The van der Waals surface area contributed by atoms with Gasteiger partial charge in [0.2, 0.25) is 5.91 Å². The number of phenolic OH excluding ortho intramolecular Hbond substituents is 2. The molecule has 2 aromatic carbocycles. The number of quaternary nitrogens is 1. The van der Waals surface area contributed by atoms with Gasteiger partial charge < -0.3 is 58.7 Å². The topological polar surface area (TPSA) is 172 Å². The van der Waals surface area contributed by atoms with Crippen LogP contribution in [0.2, 0.25) is 0 Å². The molecule has 13 heteroatoms. The van der Waals surface area contributed by atoms with E-state index in [-0.39, 0.29) is 71.6 Å². The van der Waals surface area contributed by atoms with Gasteiger partial charge in [-0.15, -0.1) is 0 Å². The Hall–Kier alpha value is -3.61. The third-order valence-corrected chi connectivity index (χ3v) is 6.05. The number of phenols is 2. The van der Waals surface area contributed by atoms with Crippen LogP contribution < -0.4 is 44.0 Å². The average Bonchev–Trinajstić information content (AvgIpc) is 2.79. The van der Waals surface area contributed by atoms with Crippen molar-refractivity contribution >= 4 is 34.6 Å². The second-order valence-corrected chi connectivity index (χ2v) is 8.82. The van der Waals surface area contributed by atoms with Gasteiger partial charge in [0.05, 0.1) is 63.7 Å². The maximum absolute atomic E-state index is 12.7. The molecule has 1 aliphatic heterocycles. The van der Waals surface area contributed by atoms with Crippen LogP contribution >= 0.6 is 0 Å². The number of hydrogen-bond acceptors (Lipinski definition) is 9. The maximum atomic E-state index is 12.7. The minimum atomic E-state index is -0.284. The zero-order valence-corrected chi connectivity index (χ0v) is 21.3. The summed E-state index contributed by atoms with van der Waals surface area (Å²) in [5.74, 6) is -0.109. The van der Waals surface area contributed by atoms with Gasteiger partial charge in [0.1, 0.15) is 23.0 Å². The van der Waals surface area contributed by atoms with Crippen molar-refractivity contribution in [3.05, 3.63) is 24.3 Å². The molecule has 198 valence electrons. The molecule has 1 fully saturated rings. The van der Waals surface area contributed by atoms with Gasteiger partial charge in [-0.2, -0.15) is 0 Å². The van der Waals surface area contributed by atoms with Gasteiger partial charge in [0, 0.05) is 37.4 Å². The van der Waals surface area contributed by atoms with E-state index in [1.54, 1.807) is 0 Å². The Morgan fingerprint density at radius 3 is 1.81 bits per heavy atom. The lowest BCUT2D eigenvalue weighted by Gasteiger charge is -2.41.